The summed E-state index contributed by atoms with van der Waals surface area (Å²) in [5.74, 6) is -21.7. The molecule has 0 radical (unpaired) electrons. The molecule has 4 amide bonds. The van der Waals surface area contributed by atoms with Crippen LogP contribution in [0.15, 0.2) is 23.8 Å². The van der Waals surface area contributed by atoms with E-state index in [4.69, 9.17) is 32.7 Å². The number of rotatable bonds is 5. The fourth-order valence-corrected chi connectivity index (χ4v) is 9.68. The summed E-state index contributed by atoms with van der Waals surface area (Å²) in [5.41, 5.74) is -1.55. The molecule has 0 unspecified atom stereocenters. The highest BCUT2D eigenvalue weighted by molar-refractivity contribution is 6.58. The van der Waals surface area contributed by atoms with Gasteiger partial charge in [0, 0.05) is 12.0 Å². The lowest BCUT2D eigenvalue weighted by molar-refractivity contribution is -0.143. The first-order valence-corrected chi connectivity index (χ1v) is 16.7. The normalized spacial score (nSPS) is 31.1. The van der Waals surface area contributed by atoms with Crippen LogP contribution in [-0.2, 0) is 19.2 Å². The van der Waals surface area contributed by atoms with Crippen LogP contribution in [0.2, 0.25) is 0 Å². The van der Waals surface area contributed by atoms with Gasteiger partial charge in [0.25, 0.3) is 11.8 Å². The Hall–Kier alpha value is -3.91. The molecule has 16 heteroatoms. The minimum Gasteiger partial charge on any atom is -0.502 e. The number of imide groups is 2. The van der Waals surface area contributed by atoms with Crippen molar-refractivity contribution in [2.45, 2.75) is 66.7 Å². The Morgan fingerprint density at radius 1 is 0.800 bits per heavy atom. The zero-order valence-corrected chi connectivity index (χ0v) is 28.0. The van der Waals surface area contributed by atoms with Crippen molar-refractivity contribution in [1.29, 1.82) is 0 Å². The van der Waals surface area contributed by atoms with Gasteiger partial charge in [0.05, 0.1) is 26.1 Å². The average Bonchev–Trinajstić information content (AvgIpc) is 3.45. The number of alkyl halides is 2. The van der Waals surface area contributed by atoms with Crippen molar-refractivity contribution in [3.63, 3.8) is 0 Å². The van der Waals surface area contributed by atoms with Crippen molar-refractivity contribution in [2.24, 2.45) is 17.8 Å². The number of aromatic hydroxyl groups is 1. The molecular weight excluding hydrogens is 714 g/mol. The van der Waals surface area contributed by atoms with Gasteiger partial charge < -0.3 is 14.6 Å². The summed E-state index contributed by atoms with van der Waals surface area (Å²) in [7, 11) is 2.43. The van der Waals surface area contributed by atoms with Gasteiger partial charge >= 0.3 is 0 Å². The van der Waals surface area contributed by atoms with Gasteiger partial charge in [-0.25, -0.2) is 26.9 Å². The molecule has 7 rings (SSSR count). The molecule has 2 aliphatic heterocycles. The lowest BCUT2D eigenvalue weighted by Gasteiger charge is -2.50. The summed E-state index contributed by atoms with van der Waals surface area (Å²) in [6.07, 6.45) is 4.85. The summed E-state index contributed by atoms with van der Waals surface area (Å²) >= 11 is 14.4. The van der Waals surface area contributed by atoms with Crippen molar-refractivity contribution in [3.8, 4) is 17.2 Å². The molecule has 2 aromatic carbocycles. The molecule has 3 aliphatic carbocycles. The predicted molar refractivity (Wildman–Crippen MR) is 166 cm³/mol. The van der Waals surface area contributed by atoms with Crippen molar-refractivity contribution in [1.82, 2.24) is 4.90 Å². The van der Waals surface area contributed by atoms with E-state index in [0.29, 0.717) is 12.8 Å². The number of methoxy groups -OCH3 is 2. The standard InChI is InChI=1S/C34H29Cl2F5N2O7/c1-49-18-10-13(11-19(50-2)28(18)44)21-15-8-9-16-20(30(46)42(29(16)45)14-6-4-3-5-7-14)17(15)12-33(35)31(47)43(32(48)34(21,33)36)27-25(40)23(38)22(37)24(39)26(27)41/h8,10-11,14,16-17,20-21,44H,3-7,9,12H2,1-2H3/t16-,17+,20-,21-,33+,34-/m0/s1. The van der Waals surface area contributed by atoms with Gasteiger partial charge in [-0.3, -0.25) is 24.1 Å². The first-order valence-electron chi connectivity index (χ1n) is 16.0. The summed E-state index contributed by atoms with van der Waals surface area (Å²) < 4.78 is 84.1. The number of carbonyl (C=O) groups is 4. The van der Waals surface area contributed by atoms with Gasteiger partial charge in [-0.2, -0.15) is 0 Å². The quantitative estimate of drug-likeness (QED) is 0.0999. The Labute approximate surface area is 291 Å². The maximum Gasteiger partial charge on any atom is 0.258 e. The predicted octanol–water partition coefficient (Wildman–Crippen LogP) is 6.00. The van der Waals surface area contributed by atoms with E-state index in [1.165, 1.54) is 31.3 Å². The number of nitrogens with zero attached hydrogens (tertiary/aromatic N) is 2. The molecule has 266 valence electrons. The highest BCUT2D eigenvalue weighted by Crippen LogP contribution is 2.66. The number of phenols is 1. The Kier molecular flexibility index (Phi) is 8.17. The van der Waals surface area contributed by atoms with E-state index in [-0.39, 0.29) is 40.0 Å². The first kappa shape index (κ1) is 34.5. The molecule has 2 heterocycles. The number of hydrogen-bond donors (Lipinski definition) is 1. The summed E-state index contributed by atoms with van der Waals surface area (Å²) in [6.45, 7) is 0. The van der Waals surface area contributed by atoms with Crippen LogP contribution in [0.5, 0.6) is 17.2 Å². The number of benzene rings is 2. The third kappa shape index (κ3) is 4.36. The summed E-state index contributed by atoms with van der Waals surface area (Å²) in [5, 5.41) is 10.7. The number of allylic oxidation sites excluding steroid dienone is 2. The number of hydrogen-bond acceptors (Lipinski definition) is 7. The van der Waals surface area contributed by atoms with Gasteiger partial charge in [0.15, 0.2) is 44.5 Å². The second-order valence-electron chi connectivity index (χ2n) is 13.3. The number of likely N-dealkylation sites (tertiary alicyclic amines) is 1. The number of amides is 4. The van der Waals surface area contributed by atoms with Crippen LogP contribution in [0.1, 0.15) is 56.4 Å². The Bertz CT molecular complexity index is 1870. The Morgan fingerprint density at radius 2 is 1.36 bits per heavy atom. The van der Waals surface area contributed by atoms with Crippen LogP contribution in [0.3, 0.4) is 0 Å². The second kappa shape index (κ2) is 11.8. The van der Waals surface area contributed by atoms with Gasteiger partial charge in [-0.15, -0.1) is 23.2 Å². The fraction of sp³-hybridized carbons (Fsp3) is 0.471. The van der Waals surface area contributed by atoms with E-state index in [2.05, 4.69) is 0 Å². The molecule has 4 fully saturated rings. The van der Waals surface area contributed by atoms with Crippen molar-refractivity contribution in [3.05, 3.63) is 58.4 Å². The SMILES string of the molecule is COc1cc([C@H]2C3=CC[C@@H]4C(=O)N(C5CCCCC5)C(=O)[C@@H]4[C@@H]3C[C@@]3(Cl)C(=O)N(c4c(F)c(F)c(F)c(F)c4F)C(=O)[C@@]23Cl)cc(OC)c1O. The van der Waals surface area contributed by atoms with Crippen LogP contribution in [-0.4, -0.2) is 63.6 Å². The van der Waals surface area contributed by atoms with E-state index in [0.717, 1.165) is 19.3 Å². The molecule has 50 heavy (non-hydrogen) atoms. The van der Waals surface area contributed by atoms with Crippen LogP contribution in [0, 0.1) is 46.8 Å². The molecule has 2 saturated carbocycles. The van der Waals surface area contributed by atoms with Gasteiger partial charge in [0.1, 0.15) is 5.69 Å². The van der Waals surface area contributed by atoms with E-state index >= 15 is 8.78 Å². The number of carbonyl (C=O) groups excluding carboxylic acids is 4. The number of fused-ring (bicyclic) bond motifs is 4. The molecule has 2 saturated heterocycles. The zero-order chi connectivity index (χ0) is 36.2. The molecular formula is C34H29Cl2F5N2O7. The molecule has 0 spiro atoms. The molecule has 0 aromatic heterocycles. The van der Waals surface area contributed by atoms with Crippen LogP contribution >= 0.6 is 23.2 Å². The smallest absolute Gasteiger partial charge is 0.258 e. The highest BCUT2D eigenvalue weighted by Gasteiger charge is 2.77. The average molecular weight is 744 g/mol. The van der Waals surface area contributed by atoms with Gasteiger partial charge in [-0.05, 0) is 49.3 Å². The molecule has 6 atom stereocenters. The lowest BCUT2D eigenvalue weighted by Crippen LogP contribution is -2.60. The molecule has 5 aliphatic rings. The minimum atomic E-state index is -2.72. The van der Waals surface area contributed by atoms with Crippen molar-refractivity contribution in [2.75, 3.05) is 19.1 Å². The second-order valence-corrected chi connectivity index (χ2v) is 14.5. The number of halogens is 7. The minimum absolute atomic E-state index is 0.0267. The van der Waals surface area contributed by atoms with Gasteiger partial charge in [0.2, 0.25) is 23.4 Å². The number of anilines is 1. The van der Waals surface area contributed by atoms with Crippen LogP contribution in [0.4, 0.5) is 27.6 Å². The fourth-order valence-electron chi connectivity index (χ4n) is 8.74. The first-order chi connectivity index (χ1) is 23.6. The maximum atomic E-state index is 15.3. The molecule has 1 N–H and O–H groups in total. The number of phenolic OH excluding ortho intramolecular Hbond substituents is 1. The molecule has 2 aromatic rings. The third-order valence-corrected chi connectivity index (χ3v) is 12.4. The topological polar surface area (TPSA) is 113 Å². The Balaban J connectivity index is 1.45. The zero-order valence-electron chi connectivity index (χ0n) is 26.5. The maximum absolute atomic E-state index is 15.3. The monoisotopic (exact) mass is 742 g/mol. The lowest BCUT2D eigenvalue weighted by atomic mass is 9.56. The van der Waals surface area contributed by atoms with E-state index in [1.54, 1.807) is 6.08 Å². The van der Waals surface area contributed by atoms with Crippen LogP contribution < -0.4 is 14.4 Å². The van der Waals surface area contributed by atoms with E-state index in [1.807, 2.05) is 0 Å². The van der Waals surface area contributed by atoms with Crippen molar-refractivity contribution >= 4 is 52.5 Å². The highest BCUT2D eigenvalue weighted by atomic mass is 35.5. The van der Waals surface area contributed by atoms with E-state index in [9.17, 15) is 37.5 Å². The summed E-state index contributed by atoms with van der Waals surface area (Å²) in [4.78, 5) is 52.5. The van der Waals surface area contributed by atoms with Crippen molar-refractivity contribution < 1.29 is 55.7 Å². The van der Waals surface area contributed by atoms with Crippen LogP contribution in [0.25, 0.3) is 0 Å². The summed E-state index contributed by atoms with van der Waals surface area (Å²) in [6, 6.07) is 2.18. The third-order valence-electron chi connectivity index (χ3n) is 11.0. The molecule has 9 nitrogen and oxygen atoms in total. The van der Waals surface area contributed by atoms with E-state index < -0.39 is 104 Å². The largest absolute Gasteiger partial charge is 0.502 e. The molecule has 0 bridgehead atoms. The Morgan fingerprint density at radius 3 is 1.92 bits per heavy atom. The number of ether oxygens (including phenoxy) is 2. The van der Waals surface area contributed by atoms with Gasteiger partial charge in [-0.1, -0.05) is 30.9 Å².